The molecule has 1 saturated heterocycles. The van der Waals surface area contributed by atoms with Gasteiger partial charge in [0.15, 0.2) is 15.8 Å². The van der Waals surface area contributed by atoms with Gasteiger partial charge in [0.05, 0.1) is 24.3 Å². The Balaban J connectivity index is 1.92. The van der Waals surface area contributed by atoms with Crippen molar-refractivity contribution in [1.82, 2.24) is 0 Å². The number of thiocarbonyl (C=S) groups is 1. The summed E-state index contributed by atoms with van der Waals surface area (Å²) >= 11 is 10.2. The van der Waals surface area contributed by atoms with Crippen molar-refractivity contribution in [2.24, 2.45) is 0 Å². The number of anilines is 1. The van der Waals surface area contributed by atoms with Gasteiger partial charge in [-0.05, 0) is 58.8 Å². The zero-order valence-corrected chi connectivity index (χ0v) is 17.4. The molecule has 1 fully saturated rings. The second-order valence-corrected chi connectivity index (χ2v) is 7.84. The third-order valence-electron chi connectivity index (χ3n) is 3.67. The molecule has 134 valence electrons. The maximum absolute atomic E-state index is 12.9. The van der Waals surface area contributed by atoms with Crippen molar-refractivity contribution in [3.05, 3.63) is 57.4 Å². The summed E-state index contributed by atoms with van der Waals surface area (Å²) in [5.74, 6) is 1.16. The van der Waals surface area contributed by atoms with Gasteiger partial charge in [0.25, 0.3) is 5.91 Å². The normalized spacial score (nSPS) is 15.7. The van der Waals surface area contributed by atoms with Crippen LogP contribution >= 0.6 is 39.9 Å². The van der Waals surface area contributed by atoms with Crippen LogP contribution in [0.25, 0.3) is 6.08 Å². The van der Waals surface area contributed by atoms with Gasteiger partial charge in [-0.15, -0.1) is 0 Å². The van der Waals surface area contributed by atoms with Crippen molar-refractivity contribution in [2.45, 2.75) is 6.92 Å². The molecule has 0 aromatic heterocycles. The summed E-state index contributed by atoms with van der Waals surface area (Å²) in [4.78, 5) is 15.0. The summed E-state index contributed by atoms with van der Waals surface area (Å²) in [6, 6.07) is 13.1. The fourth-order valence-corrected chi connectivity index (χ4v) is 4.26. The van der Waals surface area contributed by atoms with Crippen molar-refractivity contribution in [3.8, 4) is 11.5 Å². The van der Waals surface area contributed by atoms with Gasteiger partial charge < -0.3 is 9.47 Å². The molecule has 2 aromatic carbocycles. The van der Waals surface area contributed by atoms with E-state index in [0.717, 1.165) is 15.7 Å². The van der Waals surface area contributed by atoms with Gasteiger partial charge in [-0.2, -0.15) is 0 Å². The molecule has 26 heavy (non-hydrogen) atoms. The standard InChI is InChI=1S/C19H16BrNO3S2/c1-3-24-15-9-8-12(10-16(15)23-2)11-17-18(22)21(19(25)26-17)14-7-5-4-6-13(14)20/h4-11H,3H2,1-2H3/b17-11-. The van der Waals surface area contributed by atoms with Gasteiger partial charge in [-0.25, -0.2) is 0 Å². The highest BCUT2D eigenvalue weighted by molar-refractivity contribution is 9.10. The van der Waals surface area contributed by atoms with E-state index in [9.17, 15) is 4.79 Å². The molecule has 1 heterocycles. The Morgan fingerprint density at radius 1 is 1.23 bits per heavy atom. The molecule has 1 aliphatic heterocycles. The van der Waals surface area contributed by atoms with Crippen LogP contribution in [0.3, 0.4) is 0 Å². The first-order valence-electron chi connectivity index (χ1n) is 7.88. The Hall–Kier alpha value is -1.83. The smallest absolute Gasteiger partial charge is 0.270 e. The summed E-state index contributed by atoms with van der Waals surface area (Å²) in [5.41, 5.74) is 1.58. The van der Waals surface area contributed by atoms with Crippen LogP contribution in [0.4, 0.5) is 5.69 Å². The van der Waals surface area contributed by atoms with E-state index in [-0.39, 0.29) is 5.91 Å². The Bertz CT molecular complexity index is 898. The molecule has 0 radical (unpaired) electrons. The minimum atomic E-state index is -0.139. The summed E-state index contributed by atoms with van der Waals surface area (Å²) < 4.78 is 12.2. The average molecular weight is 450 g/mol. The van der Waals surface area contributed by atoms with Gasteiger partial charge in [-0.3, -0.25) is 9.69 Å². The molecule has 1 amide bonds. The Morgan fingerprint density at radius 2 is 2.00 bits per heavy atom. The topological polar surface area (TPSA) is 38.8 Å². The molecular formula is C19H16BrNO3S2. The van der Waals surface area contributed by atoms with Crippen molar-refractivity contribution in [2.75, 3.05) is 18.6 Å². The monoisotopic (exact) mass is 449 g/mol. The third kappa shape index (κ3) is 3.79. The number of methoxy groups -OCH3 is 1. The first-order chi connectivity index (χ1) is 12.5. The number of halogens is 1. The third-order valence-corrected chi connectivity index (χ3v) is 5.65. The average Bonchev–Trinajstić information content (AvgIpc) is 2.90. The van der Waals surface area contributed by atoms with E-state index in [2.05, 4.69) is 15.9 Å². The van der Waals surface area contributed by atoms with E-state index in [1.165, 1.54) is 11.8 Å². The molecule has 0 saturated carbocycles. The number of carbonyl (C=O) groups is 1. The molecule has 0 spiro atoms. The molecule has 0 unspecified atom stereocenters. The fraction of sp³-hybridized carbons (Fsp3) is 0.158. The molecule has 1 aliphatic rings. The summed E-state index contributed by atoms with van der Waals surface area (Å²) in [5, 5.41) is 0. The summed E-state index contributed by atoms with van der Waals surface area (Å²) in [6.07, 6.45) is 1.81. The molecule has 7 heteroatoms. The van der Waals surface area contributed by atoms with Gasteiger partial charge >= 0.3 is 0 Å². The highest BCUT2D eigenvalue weighted by Gasteiger charge is 2.34. The zero-order chi connectivity index (χ0) is 18.7. The number of ether oxygens (including phenoxy) is 2. The molecule has 4 nitrogen and oxygen atoms in total. The van der Waals surface area contributed by atoms with Crippen molar-refractivity contribution in [1.29, 1.82) is 0 Å². The van der Waals surface area contributed by atoms with Crippen LogP contribution in [0.2, 0.25) is 0 Å². The van der Waals surface area contributed by atoms with Crippen LogP contribution in [-0.2, 0) is 4.79 Å². The lowest BCUT2D eigenvalue weighted by atomic mass is 10.2. The van der Waals surface area contributed by atoms with Crippen LogP contribution in [0.1, 0.15) is 12.5 Å². The molecule has 3 rings (SSSR count). The van der Waals surface area contributed by atoms with E-state index in [0.29, 0.717) is 27.3 Å². The van der Waals surface area contributed by atoms with Gasteiger partial charge in [-0.1, -0.05) is 42.2 Å². The molecule has 0 bridgehead atoms. The number of para-hydroxylation sites is 1. The highest BCUT2D eigenvalue weighted by Crippen LogP contribution is 2.39. The Kier molecular flexibility index (Phi) is 6.01. The van der Waals surface area contributed by atoms with E-state index >= 15 is 0 Å². The van der Waals surface area contributed by atoms with Crippen LogP contribution in [-0.4, -0.2) is 23.9 Å². The fourth-order valence-electron chi connectivity index (χ4n) is 2.51. The van der Waals surface area contributed by atoms with Crippen LogP contribution < -0.4 is 14.4 Å². The number of carbonyl (C=O) groups excluding carboxylic acids is 1. The van der Waals surface area contributed by atoms with Crippen LogP contribution in [0.15, 0.2) is 51.8 Å². The number of amides is 1. The zero-order valence-electron chi connectivity index (χ0n) is 14.2. The number of hydrogen-bond donors (Lipinski definition) is 0. The predicted molar refractivity (Wildman–Crippen MR) is 114 cm³/mol. The molecule has 0 N–H and O–H groups in total. The second-order valence-electron chi connectivity index (χ2n) is 5.31. The lowest BCUT2D eigenvalue weighted by molar-refractivity contribution is -0.113. The minimum Gasteiger partial charge on any atom is -0.493 e. The SMILES string of the molecule is CCOc1ccc(/C=C2\SC(=S)N(c3ccccc3Br)C2=O)cc1OC. The predicted octanol–water partition coefficient (Wildman–Crippen LogP) is 5.26. The molecule has 0 aliphatic carbocycles. The van der Waals surface area contributed by atoms with Gasteiger partial charge in [0.2, 0.25) is 0 Å². The van der Waals surface area contributed by atoms with E-state index in [4.69, 9.17) is 21.7 Å². The highest BCUT2D eigenvalue weighted by atomic mass is 79.9. The quantitative estimate of drug-likeness (QED) is 0.459. The maximum Gasteiger partial charge on any atom is 0.270 e. The molecule has 2 aromatic rings. The molecular weight excluding hydrogens is 434 g/mol. The van der Waals surface area contributed by atoms with Crippen LogP contribution in [0, 0.1) is 0 Å². The number of nitrogens with zero attached hydrogens (tertiary/aromatic N) is 1. The van der Waals surface area contributed by atoms with Crippen molar-refractivity contribution in [3.63, 3.8) is 0 Å². The molecule has 0 atom stereocenters. The van der Waals surface area contributed by atoms with Gasteiger partial charge in [0.1, 0.15) is 0 Å². The first kappa shape index (κ1) is 18.9. The van der Waals surface area contributed by atoms with E-state index < -0.39 is 0 Å². The van der Waals surface area contributed by atoms with E-state index in [1.807, 2.05) is 55.5 Å². The first-order valence-corrected chi connectivity index (χ1v) is 9.90. The number of rotatable bonds is 5. The number of hydrogen-bond acceptors (Lipinski definition) is 5. The number of benzene rings is 2. The number of thioether (sulfide) groups is 1. The summed E-state index contributed by atoms with van der Waals surface area (Å²) in [6.45, 7) is 2.47. The summed E-state index contributed by atoms with van der Waals surface area (Å²) in [7, 11) is 1.59. The lowest BCUT2D eigenvalue weighted by Crippen LogP contribution is -2.27. The van der Waals surface area contributed by atoms with Crippen molar-refractivity contribution >= 4 is 61.9 Å². The Morgan fingerprint density at radius 3 is 2.69 bits per heavy atom. The van der Waals surface area contributed by atoms with E-state index in [1.54, 1.807) is 12.0 Å². The minimum absolute atomic E-state index is 0.139. The lowest BCUT2D eigenvalue weighted by Gasteiger charge is -2.15. The van der Waals surface area contributed by atoms with Crippen molar-refractivity contribution < 1.29 is 14.3 Å². The second kappa shape index (κ2) is 8.24. The maximum atomic E-state index is 12.9. The van der Waals surface area contributed by atoms with Gasteiger partial charge in [0, 0.05) is 4.47 Å². The Labute approximate surface area is 170 Å². The largest absolute Gasteiger partial charge is 0.493 e. The van der Waals surface area contributed by atoms with Crippen LogP contribution in [0.5, 0.6) is 11.5 Å².